The summed E-state index contributed by atoms with van der Waals surface area (Å²) in [6.07, 6.45) is 4.03. The molecule has 0 aliphatic carbocycles. The van der Waals surface area contributed by atoms with Crippen molar-refractivity contribution in [2.24, 2.45) is 0 Å². The van der Waals surface area contributed by atoms with Gasteiger partial charge in [0.1, 0.15) is 0 Å². The third kappa shape index (κ3) is 3.87. The molecule has 1 saturated heterocycles. The lowest BCUT2D eigenvalue weighted by Gasteiger charge is -2.33. The van der Waals surface area contributed by atoms with Crippen molar-refractivity contribution >= 4 is 17.7 Å². The Labute approximate surface area is 129 Å². The van der Waals surface area contributed by atoms with Crippen LogP contribution in [0.4, 0.5) is 0 Å². The summed E-state index contributed by atoms with van der Waals surface area (Å²) in [6.45, 7) is 6.72. The van der Waals surface area contributed by atoms with Gasteiger partial charge in [-0.25, -0.2) is 4.98 Å². The molecule has 1 amide bonds. The molecule has 0 spiro atoms. The highest BCUT2D eigenvalue weighted by Crippen LogP contribution is 2.19. The summed E-state index contributed by atoms with van der Waals surface area (Å²) in [5.41, 5.74) is 1.38. The van der Waals surface area contributed by atoms with Crippen LogP contribution in [0.15, 0.2) is 9.95 Å². The third-order valence-electron chi connectivity index (χ3n) is 4.01. The molecule has 2 heterocycles. The number of aromatic nitrogens is 2. The van der Waals surface area contributed by atoms with Crippen molar-refractivity contribution in [3.05, 3.63) is 21.6 Å². The van der Waals surface area contributed by atoms with E-state index in [0.717, 1.165) is 30.6 Å². The third-order valence-corrected chi connectivity index (χ3v) is 4.87. The molecule has 0 radical (unpaired) electrons. The number of H-pyrrole nitrogens is 1. The number of aromatic amines is 1. The van der Waals surface area contributed by atoms with Gasteiger partial charge in [0.15, 0.2) is 5.16 Å². The van der Waals surface area contributed by atoms with Crippen LogP contribution in [0.5, 0.6) is 0 Å². The number of hydrogen-bond donors (Lipinski definition) is 1. The molecule has 0 unspecified atom stereocenters. The molecule has 1 aromatic heterocycles. The Morgan fingerprint density at radius 2 is 2.24 bits per heavy atom. The van der Waals surface area contributed by atoms with Crippen LogP contribution in [-0.4, -0.2) is 39.1 Å². The number of nitrogens with zero attached hydrogens (tertiary/aromatic N) is 2. The molecule has 5 nitrogen and oxygen atoms in total. The van der Waals surface area contributed by atoms with E-state index in [1.54, 1.807) is 0 Å². The summed E-state index contributed by atoms with van der Waals surface area (Å²) in [5.74, 6) is 0.463. The first kappa shape index (κ1) is 16.1. The first-order valence-corrected chi connectivity index (χ1v) is 8.53. The van der Waals surface area contributed by atoms with Crippen molar-refractivity contribution in [3.8, 4) is 0 Å². The molecule has 0 bridgehead atoms. The Balaban J connectivity index is 1.99. The van der Waals surface area contributed by atoms with E-state index >= 15 is 0 Å². The van der Waals surface area contributed by atoms with Gasteiger partial charge in [0, 0.05) is 23.8 Å². The highest BCUT2D eigenvalue weighted by atomic mass is 32.2. The van der Waals surface area contributed by atoms with Gasteiger partial charge in [-0.15, -0.1) is 0 Å². The zero-order valence-electron chi connectivity index (χ0n) is 12.9. The van der Waals surface area contributed by atoms with Crippen LogP contribution in [0.2, 0.25) is 0 Å². The minimum absolute atomic E-state index is 0.0914. The van der Waals surface area contributed by atoms with Gasteiger partial charge in [-0.2, -0.15) is 0 Å². The Morgan fingerprint density at radius 1 is 1.48 bits per heavy atom. The van der Waals surface area contributed by atoms with E-state index in [0.29, 0.717) is 23.4 Å². The highest BCUT2D eigenvalue weighted by molar-refractivity contribution is 7.99. The topological polar surface area (TPSA) is 66.1 Å². The van der Waals surface area contributed by atoms with Crippen LogP contribution < -0.4 is 5.56 Å². The van der Waals surface area contributed by atoms with Gasteiger partial charge < -0.3 is 9.88 Å². The molecule has 0 saturated carbocycles. The fourth-order valence-electron chi connectivity index (χ4n) is 2.75. The summed E-state index contributed by atoms with van der Waals surface area (Å²) in [4.78, 5) is 33.2. The van der Waals surface area contributed by atoms with Crippen molar-refractivity contribution < 1.29 is 4.79 Å². The van der Waals surface area contributed by atoms with Gasteiger partial charge in [0.25, 0.3) is 5.56 Å². The van der Waals surface area contributed by atoms with Crippen LogP contribution in [-0.2, 0) is 11.2 Å². The molecule has 2 rings (SSSR count). The molecule has 6 heteroatoms. The predicted molar refractivity (Wildman–Crippen MR) is 84.7 cm³/mol. The van der Waals surface area contributed by atoms with Crippen molar-refractivity contribution in [3.63, 3.8) is 0 Å². The second-order valence-electron chi connectivity index (χ2n) is 5.51. The number of piperidine rings is 1. The number of amides is 1. The van der Waals surface area contributed by atoms with E-state index in [2.05, 4.69) is 16.9 Å². The molecule has 1 fully saturated rings. The van der Waals surface area contributed by atoms with Crippen molar-refractivity contribution in [2.75, 3.05) is 12.3 Å². The quantitative estimate of drug-likeness (QED) is 0.683. The lowest BCUT2D eigenvalue weighted by Crippen LogP contribution is -2.43. The predicted octanol–water partition coefficient (Wildman–Crippen LogP) is 2.13. The second kappa shape index (κ2) is 7.11. The van der Waals surface area contributed by atoms with E-state index < -0.39 is 0 Å². The van der Waals surface area contributed by atoms with Crippen molar-refractivity contribution in [1.29, 1.82) is 0 Å². The summed E-state index contributed by atoms with van der Waals surface area (Å²) < 4.78 is 0. The monoisotopic (exact) mass is 309 g/mol. The van der Waals surface area contributed by atoms with Gasteiger partial charge in [-0.1, -0.05) is 18.7 Å². The van der Waals surface area contributed by atoms with E-state index in [4.69, 9.17) is 0 Å². The van der Waals surface area contributed by atoms with Gasteiger partial charge in [0.2, 0.25) is 5.91 Å². The largest absolute Gasteiger partial charge is 0.339 e. The van der Waals surface area contributed by atoms with Gasteiger partial charge in [-0.3, -0.25) is 9.59 Å². The lowest BCUT2D eigenvalue weighted by molar-refractivity contribution is -0.131. The Bertz CT molecular complexity index is 571. The summed E-state index contributed by atoms with van der Waals surface area (Å²) in [5, 5.41) is 0.535. The first-order valence-electron chi connectivity index (χ1n) is 7.55. The van der Waals surface area contributed by atoms with Gasteiger partial charge in [0.05, 0.1) is 5.75 Å². The second-order valence-corrected chi connectivity index (χ2v) is 6.47. The first-order chi connectivity index (χ1) is 10.0. The summed E-state index contributed by atoms with van der Waals surface area (Å²) >= 11 is 1.31. The van der Waals surface area contributed by atoms with E-state index in [9.17, 15) is 9.59 Å². The maximum Gasteiger partial charge on any atom is 0.254 e. The molecule has 0 aromatic carbocycles. The zero-order valence-corrected chi connectivity index (χ0v) is 13.8. The van der Waals surface area contributed by atoms with E-state index in [-0.39, 0.29) is 11.5 Å². The average molecular weight is 309 g/mol. The van der Waals surface area contributed by atoms with E-state index in [1.165, 1.54) is 18.2 Å². The van der Waals surface area contributed by atoms with Gasteiger partial charge >= 0.3 is 0 Å². The number of thioether (sulfide) groups is 1. The summed E-state index contributed by atoms with van der Waals surface area (Å²) in [6, 6.07) is 0.322. The van der Waals surface area contributed by atoms with E-state index in [1.807, 2.05) is 18.7 Å². The number of carbonyl (C=O) groups excluding carboxylic acids is 1. The molecule has 1 aromatic rings. The fraction of sp³-hybridized carbons (Fsp3) is 0.667. The molecule has 1 N–H and O–H groups in total. The van der Waals surface area contributed by atoms with Crippen LogP contribution >= 0.6 is 11.8 Å². The number of rotatable bonds is 4. The van der Waals surface area contributed by atoms with Crippen LogP contribution in [0.1, 0.15) is 44.4 Å². The van der Waals surface area contributed by atoms with Crippen molar-refractivity contribution in [1.82, 2.24) is 14.9 Å². The minimum atomic E-state index is -0.0914. The van der Waals surface area contributed by atoms with Gasteiger partial charge in [-0.05, 0) is 39.5 Å². The maximum absolute atomic E-state index is 12.3. The standard InChI is InChI=1S/C15H23N3O2S/c1-4-12-11(3)16-15(17-14(12)20)21-9-13(19)18-8-6-5-7-10(18)2/h10H,4-9H2,1-3H3,(H,16,17,20)/t10-/m1/s1. The Morgan fingerprint density at radius 3 is 2.86 bits per heavy atom. The number of nitrogens with one attached hydrogen (secondary N) is 1. The lowest BCUT2D eigenvalue weighted by atomic mass is 10.0. The molecule has 1 aliphatic rings. The highest BCUT2D eigenvalue weighted by Gasteiger charge is 2.23. The van der Waals surface area contributed by atoms with Crippen LogP contribution in [0.25, 0.3) is 0 Å². The minimum Gasteiger partial charge on any atom is -0.339 e. The smallest absolute Gasteiger partial charge is 0.254 e. The molecule has 21 heavy (non-hydrogen) atoms. The average Bonchev–Trinajstić information content (AvgIpc) is 2.45. The Kier molecular flexibility index (Phi) is 5.45. The molecule has 116 valence electrons. The Hall–Kier alpha value is -1.30. The maximum atomic E-state index is 12.3. The number of aryl methyl sites for hydroxylation is 1. The summed E-state index contributed by atoms with van der Waals surface area (Å²) in [7, 11) is 0. The van der Waals surface area contributed by atoms with Crippen LogP contribution in [0, 0.1) is 6.92 Å². The molecule has 1 atom stereocenters. The van der Waals surface area contributed by atoms with Crippen LogP contribution in [0.3, 0.4) is 0 Å². The number of likely N-dealkylation sites (tertiary alicyclic amines) is 1. The number of carbonyl (C=O) groups is 1. The molecule has 1 aliphatic heterocycles. The van der Waals surface area contributed by atoms with Crippen molar-refractivity contribution in [2.45, 2.75) is 57.7 Å². The zero-order chi connectivity index (χ0) is 15.4. The number of hydrogen-bond acceptors (Lipinski definition) is 4. The molecular weight excluding hydrogens is 286 g/mol. The normalized spacial score (nSPS) is 18.8. The fourth-order valence-corrected chi connectivity index (χ4v) is 3.54. The SMILES string of the molecule is CCc1c(C)nc(SCC(=O)N2CCCC[C@H]2C)[nH]c1=O. The molecular formula is C15H23N3O2S.